The summed E-state index contributed by atoms with van der Waals surface area (Å²) in [6.45, 7) is 0. The molecule has 6 nitrogen and oxygen atoms in total. The van der Waals surface area contributed by atoms with Crippen LogP contribution in [0.25, 0.3) is 6.08 Å². The number of nitrogens with two attached hydrogens (primary N) is 1. The van der Waals surface area contributed by atoms with Gasteiger partial charge in [-0.2, -0.15) is 0 Å². The van der Waals surface area contributed by atoms with E-state index >= 15 is 0 Å². The van der Waals surface area contributed by atoms with Crippen molar-refractivity contribution in [2.24, 2.45) is 0 Å². The van der Waals surface area contributed by atoms with Gasteiger partial charge in [0, 0.05) is 11.8 Å². The highest BCUT2D eigenvalue weighted by molar-refractivity contribution is 6.02. The monoisotopic (exact) mass is 328 g/mol. The fourth-order valence-electron chi connectivity index (χ4n) is 2.12. The number of benzene rings is 2. The third kappa shape index (κ3) is 4.19. The van der Waals surface area contributed by atoms with E-state index in [0.29, 0.717) is 28.6 Å². The van der Waals surface area contributed by atoms with E-state index in [1.54, 1.807) is 50.6 Å². The van der Waals surface area contributed by atoms with Crippen molar-refractivity contribution in [1.29, 1.82) is 0 Å². The van der Waals surface area contributed by atoms with E-state index < -0.39 is 0 Å². The molecule has 0 aliphatic rings. The molecule has 0 radical (unpaired) electrons. The second kappa shape index (κ2) is 7.92. The van der Waals surface area contributed by atoms with Gasteiger partial charge in [0.25, 0.3) is 0 Å². The minimum atomic E-state index is -0.269. The average molecular weight is 328 g/mol. The summed E-state index contributed by atoms with van der Waals surface area (Å²) in [6, 6.07) is 10.5. The molecule has 0 fully saturated rings. The Balaban J connectivity index is 2.06. The van der Waals surface area contributed by atoms with Crippen LogP contribution in [0.15, 0.2) is 42.5 Å². The van der Waals surface area contributed by atoms with Crippen molar-refractivity contribution in [2.75, 3.05) is 32.4 Å². The summed E-state index contributed by atoms with van der Waals surface area (Å²) in [5, 5.41) is 2.74. The molecule has 0 spiro atoms. The van der Waals surface area contributed by atoms with Crippen LogP contribution in [0.3, 0.4) is 0 Å². The number of amides is 1. The molecule has 2 aromatic rings. The fourth-order valence-corrected chi connectivity index (χ4v) is 2.12. The smallest absolute Gasteiger partial charge is 0.248 e. The minimum absolute atomic E-state index is 0.269. The summed E-state index contributed by atoms with van der Waals surface area (Å²) in [4.78, 5) is 12.0. The fraction of sp³-hybridized carbons (Fsp3) is 0.167. The van der Waals surface area contributed by atoms with Gasteiger partial charge in [0.2, 0.25) is 5.91 Å². The van der Waals surface area contributed by atoms with Crippen LogP contribution >= 0.6 is 0 Å². The van der Waals surface area contributed by atoms with Crippen LogP contribution in [-0.4, -0.2) is 27.2 Å². The third-order valence-corrected chi connectivity index (χ3v) is 3.33. The molecule has 126 valence electrons. The van der Waals surface area contributed by atoms with Crippen LogP contribution in [0.1, 0.15) is 5.56 Å². The normalized spacial score (nSPS) is 10.5. The molecule has 24 heavy (non-hydrogen) atoms. The summed E-state index contributed by atoms with van der Waals surface area (Å²) in [5.41, 5.74) is 7.68. The SMILES string of the molecule is COc1ccc(NC(=O)/C=C/c2ccc(OC)c(OC)c2)cc1N. The molecule has 0 saturated heterocycles. The zero-order chi connectivity index (χ0) is 17.5. The van der Waals surface area contributed by atoms with Gasteiger partial charge < -0.3 is 25.3 Å². The van der Waals surface area contributed by atoms with E-state index in [2.05, 4.69) is 5.32 Å². The number of carbonyl (C=O) groups excluding carboxylic acids is 1. The molecule has 0 heterocycles. The number of hydrogen-bond acceptors (Lipinski definition) is 5. The van der Waals surface area contributed by atoms with E-state index in [4.69, 9.17) is 19.9 Å². The Hall–Kier alpha value is -3.15. The van der Waals surface area contributed by atoms with Crippen LogP contribution in [-0.2, 0) is 4.79 Å². The van der Waals surface area contributed by atoms with E-state index in [1.807, 2.05) is 6.07 Å². The topological polar surface area (TPSA) is 82.8 Å². The molecular formula is C18H20N2O4. The highest BCUT2D eigenvalue weighted by atomic mass is 16.5. The Morgan fingerprint density at radius 1 is 0.958 bits per heavy atom. The second-order valence-corrected chi connectivity index (χ2v) is 4.89. The predicted molar refractivity (Wildman–Crippen MR) is 94.6 cm³/mol. The van der Waals surface area contributed by atoms with Crippen LogP contribution in [0.4, 0.5) is 11.4 Å². The molecule has 3 N–H and O–H groups in total. The van der Waals surface area contributed by atoms with Crippen molar-refractivity contribution in [1.82, 2.24) is 0 Å². The van der Waals surface area contributed by atoms with Gasteiger partial charge in [0.15, 0.2) is 11.5 Å². The summed E-state index contributed by atoms with van der Waals surface area (Å²) >= 11 is 0. The van der Waals surface area contributed by atoms with Crippen molar-refractivity contribution in [3.8, 4) is 17.2 Å². The summed E-state index contributed by atoms with van der Waals surface area (Å²) < 4.78 is 15.5. The van der Waals surface area contributed by atoms with E-state index in [0.717, 1.165) is 5.56 Å². The third-order valence-electron chi connectivity index (χ3n) is 3.33. The summed E-state index contributed by atoms with van der Waals surface area (Å²) in [7, 11) is 4.67. The van der Waals surface area contributed by atoms with E-state index in [-0.39, 0.29) is 5.91 Å². The van der Waals surface area contributed by atoms with Crippen molar-refractivity contribution >= 4 is 23.4 Å². The molecule has 0 atom stereocenters. The largest absolute Gasteiger partial charge is 0.495 e. The van der Waals surface area contributed by atoms with Crippen molar-refractivity contribution in [3.05, 3.63) is 48.0 Å². The van der Waals surface area contributed by atoms with Crippen LogP contribution < -0.4 is 25.3 Å². The molecule has 2 aromatic carbocycles. The predicted octanol–water partition coefficient (Wildman–Crippen LogP) is 2.95. The van der Waals surface area contributed by atoms with Gasteiger partial charge in [0.1, 0.15) is 5.75 Å². The first-order chi connectivity index (χ1) is 11.6. The van der Waals surface area contributed by atoms with Gasteiger partial charge in [-0.05, 0) is 42.0 Å². The molecule has 0 aliphatic heterocycles. The molecular weight excluding hydrogens is 308 g/mol. The van der Waals surface area contributed by atoms with E-state index in [1.165, 1.54) is 13.2 Å². The Labute approximate surface area is 140 Å². The number of ether oxygens (including phenoxy) is 3. The maximum absolute atomic E-state index is 12.0. The van der Waals surface area contributed by atoms with Gasteiger partial charge in [-0.15, -0.1) is 0 Å². The lowest BCUT2D eigenvalue weighted by Gasteiger charge is -2.08. The lowest BCUT2D eigenvalue weighted by atomic mass is 10.2. The van der Waals surface area contributed by atoms with E-state index in [9.17, 15) is 4.79 Å². The quantitative estimate of drug-likeness (QED) is 0.629. The number of rotatable bonds is 6. The van der Waals surface area contributed by atoms with Gasteiger partial charge in [-0.3, -0.25) is 4.79 Å². The standard InChI is InChI=1S/C18H20N2O4/c1-22-15-8-6-13(11-14(15)19)20-18(21)9-5-12-4-7-16(23-2)17(10-12)24-3/h4-11H,19H2,1-3H3,(H,20,21)/b9-5+. The molecule has 0 aliphatic carbocycles. The van der Waals surface area contributed by atoms with Gasteiger partial charge in [-0.25, -0.2) is 0 Å². The molecule has 6 heteroatoms. The second-order valence-electron chi connectivity index (χ2n) is 4.89. The maximum Gasteiger partial charge on any atom is 0.248 e. The lowest BCUT2D eigenvalue weighted by molar-refractivity contribution is -0.111. The lowest BCUT2D eigenvalue weighted by Crippen LogP contribution is -2.08. The summed E-state index contributed by atoms with van der Waals surface area (Å²) in [6.07, 6.45) is 3.12. The molecule has 0 aromatic heterocycles. The van der Waals surface area contributed by atoms with Crippen molar-refractivity contribution in [2.45, 2.75) is 0 Å². The molecule has 2 rings (SSSR count). The average Bonchev–Trinajstić information content (AvgIpc) is 2.59. The molecule has 0 unspecified atom stereocenters. The Morgan fingerprint density at radius 3 is 2.25 bits per heavy atom. The Bertz CT molecular complexity index is 757. The van der Waals surface area contributed by atoms with Gasteiger partial charge in [0.05, 0.1) is 27.0 Å². The zero-order valence-corrected chi connectivity index (χ0v) is 13.8. The van der Waals surface area contributed by atoms with Gasteiger partial charge >= 0.3 is 0 Å². The molecule has 0 saturated carbocycles. The Kier molecular flexibility index (Phi) is 5.68. The van der Waals surface area contributed by atoms with Crippen LogP contribution in [0.5, 0.6) is 17.2 Å². The highest BCUT2D eigenvalue weighted by Gasteiger charge is 2.05. The Morgan fingerprint density at radius 2 is 1.62 bits per heavy atom. The van der Waals surface area contributed by atoms with Crippen LogP contribution in [0, 0.1) is 0 Å². The highest BCUT2D eigenvalue weighted by Crippen LogP contribution is 2.28. The first-order valence-corrected chi connectivity index (χ1v) is 7.22. The number of nitrogens with one attached hydrogen (secondary N) is 1. The minimum Gasteiger partial charge on any atom is -0.495 e. The van der Waals surface area contributed by atoms with Crippen molar-refractivity contribution in [3.63, 3.8) is 0 Å². The number of carbonyl (C=O) groups is 1. The number of nitrogen functional groups attached to an aromatic ring is 1. The number of hydrogen-bond donors (Lipinski definition) is 2. The van der Waals surface area contributed by atoms with Crippen molar-refractivity contribution < 1.29 is 19.0 Å². The van der Waals surface area contributed by atoms with Crippen LogP contribution in [0.2, 0.25) is 0 Å². The molecule has 0 bridgehead atoms. The first-order valence-electron chi connectivity index (χ1n) is 7.22. The number of methoxy groups -OCH3 is 3. The first kappa shape index (κ1) is 17.2. The number of anilines is 2. The molecule has 1 amide bonds. The summed E-state index contributed by atoms with van der Waals surface area (Å²) in [5.74, 6) is 1.53. The zero-order valence-electron chi connectivity index (χ0n) is 13.8. The maximum atomic E-state index is 12.0. The van der Waals surface area contributed by atoms with Gasteiger partial charge in [-0.1, -0.05) is 6.07 Å².